The van der Waals surface area contributed by atoms with Gasteiger partial charge in [0, 0.05) is 12.6 Å². The van der Waals surface area contributed by atoms with Crippen molar-refractivity contribution in [3.8, 4) is 0 Å². The van der Waals surface area contributed by atoms with Crippen LogP contribution in [0.3, 0.4) is 0 Å². The van der Waals surface area contributed by atoms with Crippen LogP contribution in [0, 0.1) is 5.92 Å². The van der Waals surface area contributed by atoms with Crippen molar-refractivity contribution in [1.82, 2.24) is 5.32 Å². The van der Waals surface area contributed by atoms with E-state index in [0.717, 1.165) is 5.92 Å². The molecule has 1 aliphatic carbocycles. The Kier molecular flexibility index (Phi) is 4.41. The van der Waals surface area contributed by atoms with Crippen molar-refractivity contribution < 1.29 is 8.42 Å². The van der Waals surface area contributed by atoms with E-state index in [-0.39, 0.29) is 5.75 Å². The summed E-state index contributed by atoms with van der Waals surface area (Å²) in [5.74, 6) is 1.05. The Labute approximate surface area is 99.9 Å². The molecular weight excluding hydrogens is 222 g/mol. The maximum atomic E-state index is 11.8. The summed E-state index contributed by atoms with van der Waals surface area (Å²) in [6.45, 7) is 8.09. The summed E-state index contributed by atoms with van der Waals surface area (Å²) in [7, 11) is -2.96. The van der Waals surface area contributed by atoms with Gasteiger partial charge in [0.1, 0.15) is 0 Å². The molecule has 0 aromatic carbocycles. The van der Waals surface area contributed by atoms with Crippen molar-refractivity contribution in [2.75, 3.05) is 12.3 Å². The first-order valence-electron chi connectivity index (χ1n) is 6.23. The lowest BCUT2D eigenvalue weighted by Gasteiger charge is -2.19. The van der Waals surface area contributed by atoms with Crippen LogP contribution in [-0.4, -0.2) is 31.5 Å². The first kappa shape index (κ1) is 14.0. The molecule has 1 rings (SSSR count). The highest BCUT2D eigenvalue weighted by Gasteiger charge is 2.36. The molecule has 3 nitrogen and oxygen atoms in total. The summed E-state index contributed by atoms with van der Waals surface area (Å²) in [6.07, 6.45) is 3.72. The summed E-state index contributed by atoms with van der Waals surface area (Å²) >= 11 is 0. The molecule has 0 radical (unpaired) electrons. The van der Waals surface area contributed by atoms with Gasteiger partial charge < -0.3 is 5.32 Å². The summed E-state index contributed by atoms with van der Waals surface area (Å²) in [5, 5.41) is 3.34. The predicted octanol–water partition coefficient (Wildman–Crippen LogP) is 1.98. The molecule has 2 unspecified atom stereocenters. The summed E-state index contributed by atoms with van der Waals surface area (Å²) in [5.41, 5.74) is 0. The second kappa shape index (κ2) is 5.05. The van der Waals surface area contributed by atoms with Crippen molar-refractivity contribution in [2.24, 2.45) is 5.92 Å². The van der Waals surface area contributed by atoms with E-state index in [9.17, 15) is 8.42 Å². The first-order chi connectivity index (χ1) is 7.28. The molecular formula is C12H25NO2S. The van der Waals surface area contributed by atoms with Crippen molar-refractivity contribution in [3.63, 3.8) is 0 Å². The number of nitrogens with one attached hydrogen (secondary N) is 1. The standard InChI is InChI=1S/C12H25NO2S/c1-5-6-10-9-11(10)13-7-8-16(14,15)12(2,3)4/h10-11,13H,5-9H2,1-4H3. The van der Waals surface area contributed by atoms with E-state index >= 15 is 0 Å². The quantitative estimate of drug-likeness (QED) is 0.780. The average Bonchev–Trinajstić information content (AvgIpc) is 2.82. The minimum Gasteiger partial charge on any atom is -0.313 e. The van der Waals surface area contributed by atoms with Crippen LogP contribution in [0.5, 0.6) is 0 Å². The highest BCUT2D eigenvalue weighted by Crippen LogP contribution is 2.34. The van der Waals surface area contributed by atoms with Gasteiger partial charge in [-0.1, -0.05) is 13.3 Å². The largest absolute Gasteiger partial charge is 0.313 e. The summed E-state index contributed by atoms with van der Waals surface area (Å²) < 4.78 is 23.0. The zero-order valence-corrected chi connectivity index (χ0v) is 11.7. The highest BCUT2D eigenvalue weighted by atomic mass is 32.2. The van der Waals surface area contributed by atoms with E-state index in [4.69, 9.17) is 0 Å². The van der Waals surface area contributed by atoms with E-state index in [0.29, 0.717) is 12.6 Å². The Hall–Kier alpha value is -0.0900. The molecule has 4 heteroatoms. The van der Waals surface area contributed by atoms with Gasteiger partial charge in [0.05, 0.1) is 10.5 Å². The normalized spacial score (nSPS) is 25.8. The highest BCUT2D eigenvalue weighted by molar-refractivity contribution is 7.92. The molecule has 0 aromatic rings. The zero-order valence-electron chi connectivity index (χ0n) is 10.9. The lowest BCUT2D eigenvalue weighted by molar-refractivity contribution is 0.552. The van der Waals surface area contributed by atoms with Gasteiger partial charge in [-0.3, -0.25) is 0 Å². The number of sulfone groups is 1. The Bertz CT molecular complexity index is 316. The van der Waals surface area contributed by atoms with Gasteiger partial charge in [0.2, 0.25) is 0 Å². The van der Waals surface area contributed by atoms with E-state index in [1.54, 1.807) is 20.8 Å². The fourth-order valence-corrected chi connectivity index (χ4v) is 2.87. The van der Waals surface area contributed by atoms with Crippen LogP contribution in [-0.2, 0) is 9.84 Å². The summed E-state index contributed by atoms with van der Waals surface area (Å²) in [4.78, 5) is 0. The third kappa shape index (κ3) is 3.74. The summed E-state index contributed by atoms with van der Waals surface area (Å²) in [6, 6.07) is 0.579. The molecule has 0 aliphatic heterocycles. The smallest absolute Gasteiger partial charge is 0.156 e. The van der Waals surface area contributed by atoms with E-state index in [1.807, 2.05) is 0 Å². The van der Waals surface area contributed by atoms with Gasteiger partial charge in [-0.25, -0.2) is 8.42 Å². The maximum Gasteiger partial charge on any atom is 0.156 e. The van der Waals surface area contributed by atoms with Crippen LogP contribution in [0.15, 0.2) is 0 Å². The molecule has 1 saturated carbocycles. The third-order valence-corrected chi connectivity index (χ3v) is 5.90. The Morgan fingerprint density at radius 3 is 2.44 bits per heavy atom. The van der Waals surface area contributed by atoms with E-state index < -0.39 is 14.6 Å². The Balaban J connectivity index is 2.22. The molecule has 1 fully saturated rings. The first-order valence-corrected chi connectivity index (χ1v) is 7.89. The molecule has 16 heavy (non-hydrogen) atoms. The Morgan fingerprint density at radius 2 is 1.94 bits per heavy atom. The second-order valence-electron chi connectivity index (χ2n) is 5.78. The van der Waals surface area contributed by atoms with Crippen molar-refractivity contribution >= 4 is 9.84 Å². The number of hydrogen-bond acceptors (Lipinski definition) is 3. The van der Waals surface area contributed by atoms with Crippen LogP contribution in [0.25, 0.3) is 0 Å². The Morgan fingerprint density at radius 1 is 1.31 bits per heavy atom. The van der Waals surface area contributed by atoms with Crippen LogP contribution in [0.2, 0.25) is 0 Å². The van der Waals surface area contributed by atoms with Crippen LogP contribution >= 0.6 is 0 Å². The van der Waals surface area contributed by atoms with Crippen LogP contribution in [0.1, 0.15) is 47.0 Å². The van der Waals surface area contributed by atoms with Gasteiger partial charge in [-0.2, -0.15) is 0 Å². The predicted molar refractivity (Wildman–Crippen MR) is 68.3 cm³/mol. The maximum absolute atomic E-state index is 11.8. The molecule has 0 spiro atoms. The molecule has 96 valence electrons. The van der Waals surface area contributed by atoms with Gasteiger partial charge in [-0.15, -0.1) is 0 Å². The van der Waals surface area contributed by atoms with Crippen LogP contribution in [0.4, 0.5) is 0 Å². The minimum absolute atomic E-state index is 0.256. The van der Waals surface area contributed by atoms with Crippen LogP contribution < -0.4 is 5.32 Å². The molecule has 0 amide bonds. The van der Waals surface area contributed by atoms with Gasteiger partial charge >= 0.3 is 0 Å². The number of rotatable bonds is 6. The second-order valence-corrected chi connectivity index (χ2v) is 8.64. The molecule has 0 bridgehead atoms. The third-order valence-electron chi connectivity index (χ3n) is 3.29. The lowest BCUT2D eigenvalue weighted by atomic mass is 10.2. The van der Waals surface area contributed by atoms with E-state index in [1.165, 1.54) is 19.3 Å². The monoisotopic (exact) mass is 247 g/mol. The molecule has 1 aliphatic rings. The van der Waals surface area contributed by atoms with Gasteiger partial charge in [0.25, 0.3) is 0 Å². The fraction of sp³-hybridized carbons (Fsp3) is 1.00. The number of hydrogen-bond donors (Lipinski definition) is 1. The minimum atomic E-state index is -2.96. The fourth-order valence-electron chi connectivity index (χ4n) is 1.87. The van der Waals surface area contributed by atoms with E-state index in [2.05, 4.69) is 12.2 Å². The molecule has 0 aromatic heterocycles. The van der Waals surface area contributed by atoms with Gasteiger partial charge in [0.15, 0.2) is 9.84 Å². The van der Waals surface area contributed by atoms with Gasteiger partial charge in [-0.05, 0) is 39.5 Å². The lowest BCUT2D eigenvalue weighted by Crippen LogP contribution is -2.35. The van der Waals surface area contributed by atoms with Crippen molar-refractivity contribution in [2.45, 2.75) is 57.7 Å². The molecule has 2 atom stereocenters. The van der Waals surface area contributed by atoms with Crippen molar-refractivity contribution in [3.05, 3.63) is 0 Å². The zero-order chi connectivity index (χ0) is 12.4. The topological polar surface area (TPSA) is 46.2 Å². The molecule has 0 heterocycles. The molecule has 0 saturated heterocycles. The van der Waals surface area contributed by atoms with Crippen molar-refractivity contribution in [1.29, 1.82) is 0 Å². The average molecular weight is 247 g/mol. The SMILES string of the molecule is CCCC1CC1NCCS(=O)(=O)C(C)(C)C. The molecule has 1 N–H and O–H groups in total.